The van der Waals surface area contributed by atoms with Crippen LogP contribution >= 0.6 is 0 Å². The molecule has 2 aromatic heterocycles. The van der Waals surface area contributed by atoms with Gasteiger partial charge in [-0.2, -0.15) is 0 Å². The van der Waals surface area contributed by atoms with Gasteiger partial charge in [0.2, 0.25) is 0 Å². The summed E-state index contributed by atoms with van der Waals surface area (Å²) in [5.74, 6) is 0.359. The highest BCUT2D eigenvalue weighted by molar-refractivity contribution is 6.05. The van der Waals surface area contributed by atoms with Gasteiger partial charge in [-0.15, -0.1) is 0 Å². The largest absolute Gasteiger partial charge is 0.322 e. The topological polar surface area (TPSA) is 63.1 Å². The number of para-hydroxylation sites is 1. The zero-order valence-corrected chi connectivity index (χ0v) is 17.3. The van der Waals surface area contributed by atoms with Crippen molar-refractivity contribution in [1.82, 2.24) is 19.4 Å². The number of imidazole rings is 1. The predicted octanol–water partition coefficient (Wildman–Crippen LogP) is 4.33. The van der Waals surface area contributed by atoms with E-state index in [1.165, 1.54) is 19.3 Å². The fourth-order valence-corrected chi connectivity index (χ4v) is 3.93. The first-order chi connectivity index (χ1) is 14.1. The van der Waals surface area contributed by atoms with Crippen molar-refractivity contribution in [3.05, 3.63) is 54.0 Å². The fourth-order valence-electron chi connectivity index (χ4n) is 3.93. The van der Waals surface area contributed by atoms with Crippen LogP contribution in [0.15, 0.2) is 42.9 Å². The van der Waals surface area contributed by atoms with E-state index in [1.54, 1.807) is 12.5 Å². The van der Waals surface area contributed by atoms with Crippen molar-refractivity contribution in [2.45, 2.75) is 46.2 Å². The molecule has 3 aromatic rings. The van der Waals surface area contributed by atoms with E-state index in [4.69, 9.17) is 0 Å². The second kappa shape index (κ2) is 8.74. The van der Waals surface area contributed by atoms with Gasteiger partial charge in [0.25, 0.3) is 5.91 Å². The van der Waals surface area contributed by atoms with Gasteiger partial charge in [0, 0.05) is 25.0 Å². The normalized spacial score (nSPS) is 15.1. The van der Waals surface area contributed by atoms with Crippen molar-refractivity contribution in [1.29, 1.82) is 0 Å². The number of nitrogens with zero attached hydrogens (tertiary/aromatic N) is 4. The molecule has 1 aliphatic heterocycles. The van der Waals surface area contributed by atoms with Crippen molar-refractivity contribution in [3.63, 3.8) is 0 Å². The Hall–Kier alpha value is -2.73. The van der Waals surface area contributed by atoms with Gasteiger partial charge in [-0.3, -0.25) is 9.69 Å². The third-order valence-corrected chi connectivity index (χ3v) is 5.39. The van der Waals surface area contributed by atoms with E-state index in [-0.39, 0.29) is 5.91 Å². The maximum absolute atomic E-state index is 12.9. The van der Waals surface area contributed by atoms with Crippen LogP contribution in [0.2, 0.25) is 0 Å². The summed E-state index contributed by atoms with van der Waals surface area (Å²) in [6, 6.07) is 9.88. The van der Waals surface area contributed by atoms with Crippen molar-refractivity contribution >= 4 is 22.8 Å². The van der Waals surface area contributed by atoms with Gasteiger partial charge in [-0.1, -0.05) is 38.5 Å². The SMILES string of the molecule is CC(C)Cn1cnc2cc(C(=O)Nc3ccccc3CN3CCCCC3)cnc21. The molecule has 0 saturated carbocycles. The number of anilines is 1. The number of nitrogens with one attached hydrogen (secondary N) is 1. The molecule has 3 heterocycles. The highest BCUT2D eigenvalue weighted by atomic mass is 16.1. The van der Waals surface area contributed by atoms with Gasteiger partial charge in [0.05, 0.1) is 11.9 Å². The predicted molar refractivity (Wildman–Crippen MR) is 116 cm³/mol. The van der Waals surface area contributed by atoms with Crippen LogP contribution in [0, 0.1) is 5.92 Å². The lowest BCUT2D eigenvalue weighted by Crippen LogP contribution is -2.29. The Morgan fingerprint density at radius 3 is 2.72 bits per heavy atom. The summed E-state index contributed by atoms with van der Waals surface area (Å²) < 4.78 is 2.04. The number of fused-ring (bicyclic) bond motifs is 1. The Balaban J connectivity index is 1.50. The molecule has 152 valence electrons. The highest BCUT2D eigenvalue weighted by Crippen LogP contribution is 2.21. The maximum Gasteiger partial charge on any atom is 0.257 e. The van der Waals surface area contributed by atoms with Crippen LogP contribution < -0.4 is 5.32 Å². The fraction of sp³-hybridized carbons (Fsp3) is 0.435. The molecule has 29 heavy (non-hydrogen) atoms. The summed E-state index contributed by atoms with van der Waals surface area (Å²) in [6.07, 6.45) is 7.27. The van der Waals surface area contributed by atoms with Gasteiger partial charge < -0.3 is 9.88 Å². The average Bonchev–Trinajstić information content (AvgIpc) is 3.11. The first-order valence-corrected chi connectivity index (χ1v) is 10.5. The molecule has 0 atom stereocenters. The first kappa shape index (κ1) is 19.6. The number of carbonyl (C=O) groups excluding carboxylic acids is 1. The van der Waals surface area contributed by atoms with Crippen molar-refractivity contribution in [2.24, 2.45) is 5.92 Å². The molecule has 0 aliphatic carbocycles. The van der Waals surface area contributed by atoms with Gasteiger partial charge in [-0.05, 0) is 49.5 Å². The molecule has 0 spiro atoms. The zero-order chi connectivity index (χ0) is 20.2. The highest BCUT2D eigenvalue weighted by Gasteiger charge is 2.15. The molecule has 1 saturated heterocycles. The van der Waals surface area contributed by atoms with Crippen LogP contribution in [0.3, 0.4) is 0 Å². The minimum Gasteiger partial charge on any atom is -0.322 e. The number of hydrogen-bond donors (Lipinski definition) is 1. The lowest BCUT2D eigenvalue weighted by Gasteiger charge is -2.27. The molecule has 4 rings (SSSR count). The molecular weight excluding hydrogens is 362 g/mol. The van der Waals surface area contributed by atoms with Crippen molar-refractivity contribution < 1.29 is 4.79 Å². The molecule has 1 aromatic carbocycles. The average molecular weight is 392 g/mol. The minimum absolute atomic E-state index is 0.149. The number of pyridine rings is 1. The Labute approximate surface area is 172 Å². The third-order valence-electron chi connectivity index (χ3n) is 5.39. The lowest BCUT2D eigenvalue weighted by atomic mass is 10.1. The summed E-state index contributed by atoms with van der Waals surface area (Å²) in [6.45, 7) is 8.31. The van der Waals surface area contributed by atoms with E-state index in [0.717, 1.165) is 48.6 Å². The first-order valence-electron chi connectivity index (χ1n) is 10.5. The maximum atomic E-state index is 12.9. The van der Waals surface area contributed by atoms with Crippen LogP contribution in [0.1, 0.15) is 49.0 Å². The van der Waals surface area contributed by atoms with Crippen LogP contribution in [-0.2, 0) is 13.1 Å². The Bertz CT molecular complexity index is 988. The van der Waals surface area contributed by atoms with Gasteiger partial charge >= 0.3 is 0 Å². The molecule has 1 fully saturated rings. The summed E-state index contributed by atoms with van der Waals surface area (Å²) in [7, 11) is 0. The van der Waals surface area contributed by atoms with Crippen LogP contribution in [0.5, 0.6) is 0 Å². The van der Waals surface area contributed by atoms with Gasteiger partial charge in [0.1, 0.15) is 5.52 Å². The smallest absolute Gasteiger partial charge is 0.257 e. The number of carbonyl (C=O) groups is 1. The monoisotopic (exact) mass is 391 g/mol. The van der Waals surface area contributed by atoms with Gasteiger partial charge in [-0.25, -0.2) is 9.97 Å². The number of likely N-dealkylation sites (tertiary alicyclic amines) is 1. The molecule has 1 amide bonds. The van der Waals surface area contributed by atoms with E-state index in [1.807, 2.05) is 28.8 Å². The van der Waals surface area contributed by atoms with E-state index < -0.39 is 0 Å². The van der Waals surface area contributed by atoms with E-state index in [2.05, 4.69) is 40.1 Å². The summed E-state index contributed by atoms with van der Waals surface area (Å²) in [4.78, 5) is 24.3. The molecule has 0 bridgehead atoms. The number of hydrogen-bond acceptors (Lipinski definition) is 4. The quantitative estimate of drug-likeness (QED) is 0.679. The van der Waals surface area contributed by atoms with Crippen LogP contribution in [0.25, 0.3) is 11.2 Å². The minimum atomic E-state index is -0.149. The van der Waals surface area contributed by atoms with E-state index in [9.17, 15) is 4.79 Å². The molecule has 1 N–H and O–H groups in total. The van der Waals surface area contributed by atoms with Crippen molar-refractivity contribution in [3.8, 4) is 0 Å². The summed E-state index contributed by atoms with van der Waals surface area (Å²) in [5.41, 5.74) is 4.12. The van der Waals surface area contributed by atoms with E-state index >= 15 is 0 Å². The van der Waals surface area contributed by atoms with Gasteiger partial charge in [0.15, 0.2) is 5.65 Å². The number of amides is 1. The van der Waals surface area contributed by atoms with Crippen LogP contribution in [0.4, 0.5) is 5.69 Å². The Kier molecular flexibility index (Phi) is 5.90. The number of benzene rings is 1. The zero-order valence-electron chi connectivity index (χ0n) is 17.3. The number of rotatable bonds is 6. The second-order valence-corrected chi connectivity index (χ2v) is 8.31. The molecule has 6 nitrogen and oxygen atoms in total. The summed E-state index contributed by atoms with van der Waals surface area (Å²) >= 11 is 0. The molecule has 1 aliphatic rings. The van der Waals surface area contributed by atoms with Crippen molar-refractivity contribution in [2.75, 3.05) is 18.4 Å². The standard InChI is InChI=1S/C23H29N5O/c1-17(2)14-28-16-25-21-12-19(13-24-22(21)28)23(29)26-20-9-5-4-8-18(20)15-27-10-6-3-7-11-27/h4-5,8-9,12-13,16-17H,3,6-7,10-11,14-15H2,1-2H3,(H,26,29). The molecule has 0 unspecified atom stereocenters. The number of piperidine rings is 1. The number of aromatic nitrogens is 3. The molecular formula is C23H29N5O. The van der Waals surface area contributed by atoms with E-state index in [0.29, 0.717) is 11.5 Å². The third kappa shape index (κ3) is 4.65. The summed E-state index contributed by atoms with van der Waals surface area (Å²) in [5, 5.41) is 3.08. The Morgan fingerprint density at radius 2 is 1.93 bits per heavy atom. The molecule has 6 heteroatoms. The Morgan fingerprint density at radius 1 is 1.14 bits per heavy atom. The second-order valence-electron chi connectivity index (χ2n) is 8.31. The van der Waals surface area contributed by atoms with Crippen LogP contribution in [-0.4, -0.2) is 38.4 Å². The lowest BCUT2D eigenvalue weighted by molar-refractivity contribution is 0.102. The molecule has 0 radical (unpaired) electrons.